The van der Waals surface area contributed by atoms with Crippen LogP contribution in [0.1, 0.15) is 24.7 Å². The van der Waals surface area contributed by atoms with Crippen LogP contribution in [0.5, 0.6) is 5.75 Å². The Balaban J connectivity index is 1.79. The lowest BCUT2D eigenvalue weighted by Crippen LogP contribution is -2.37. The van der Waals surface area contributed by atoms with Gasteiger partial charge in [-0.25, -0.2) is 18.9 Å². The van der Waals surface area contributed by atoms with Crippen molar-refractivity contribution in [2.75, 3.05) is 7.11 Å². The number of hydrogen-bond acceptors (Lipinski definition) is 6. The molecule has 202 valence electrons. The van der Waals surface area contributed by atoms with Crippen molar-refractivity contribution in [2.45, 2.75) is 38.4 Å². The molecule has 0 bridgehead atoms. The first-order chi connectivity index (χ1) is 17.9. The highest BCUT2D eigenvalue weighted by molar-refractivity contribution is 6.30. The van der Waals surface area contributed by atoms with Crippen LogP contribution in [0.15, 0.2) is 53.5 Å². The summed E-state index contributed by atoms with van der Waals surface area (Å²) in [6.45, 7) is 0.0589. The number of ether oxygens (including phenoxy) is 1. The van der Waals surface area contributed by atoms with Crippen molar-refractivity contribution >= 4 is 11.6 Å². The molecule has 38 heavy (non-hydrogen) atoms. The monoisotopic (exact) mass is 555 g/mol. The molecule has 2 atom stereocenters. The minimum atomic E-state index is -4.95. The fourth-order valence-electron chi connectivity index (χ4n) is 3.85. The normalized spacial score (nSPS) is 13.5. The summed E-state index contributed by atoms with van der Waals surface area (Å²) in [6, 6.07) is 10.1. The zero-order chi connectivity index (χ0) is 27.8. The van der Waals surface area contributed by atoms with Gasteiger partial charge in [-0.05, 0) is 36.8 Å². The van der Waals surface area contributed by atoms with Gasteiger partial charge in [-0.15, -0.1) is 5.10 Å². The molecular weight excluding hydrogens is 534 g/mol. The number of halogens is 5. The smallest absolute Gasteiger partial charge is 0.416 e. The van der Waals surface area contributed by atoms with E-state index in [1.165, 1.54) is 62.7 Å². The van der Waals surface area contributed by atoms with Crippen molar-refractivity contribution in [1.82, 2.24) is 23.9 Å². The number of para-hydroxylation sites is 1. The van der Waals surface area contributed by atoms with Crippen LogP contribution in [0.4, 0.5) is 17.6 Å². The highest BCUT2D eigenvalue weighted by Crippen LogP contribution is 2.29. The first kappa shape index (κ1) is 27.4. The molecule has 4 aromatic rings. The number of aliphatic hydroxyl groups is 2. The van der Waals surface area contributed by atoms with Crippen LogP contribution in [0.2, 0.25) is 5.02 Å². The number of nitrogens with zero attached hydrogens (tertiary/aromatic N) is 5. The van der Waals surface area contributed by atoms with Crippen LogP contribution in [0.25, 0.3) is 16.9 Å². The number of aromatic nitrogens is 5. The van der Waals surface area contributed by atoms with Gasteiger partial charge in [0.2, 0.25) is 0 Å². The molecule has 0 spiro atoms. The predicted octanol–water partition coefficient (Wildman–Crippen LogP) is 3.72. The molecule has 0 fully saturated rings. The summed E-state index contributed by atoms with van der Waals surface area (Å²) in [5.74, 6) is -0.810. The Morgan fingerprint density at radius 2 is 1.82 bits per heavy atom. The lowest BCUT2D eigenvalue weighted by Gasteiger charge is -2.16. The fourth-order valence-corrected chi connectivity index (χ4v) is 3.98. The standard InChI is InChI=1S/C24H22ClF4N5O4/c1-13(35)22-30-20(31-34(22)17-5-3-4-16(26)21(17)38-2)12-32-10-18(14-6-8-15(25)9-7-14)33(23(32)37)11-19(36)24(27,28)29/h3-10,13,19,35-36H,11-12H2,1-2H3/t13-,19?/m0/s1. The predicted molar refractivity (Wildman–Crippen MR) is 129 cm³/mol. The average molecular weight is 556 g/mol. The van der Waals surface area contributed by atoms with Gasteiger partial charge in [0, 0.05) is 11.2 Å². The molecule has 0 aliphatic carbocycles. The Hall–Kier alpha value is -3.68. The number of hydrogen-bond donors (Lipinski definition) is 2. The second-order valence-electron chi connectivity index (χ2n) is 8.37. The first-order valence-corrected chi connectivity index (χ1v) is 11.6. The number of rotatable bonds is 8. The van der Waals surface area contributed by atoms with Crippen LogP contribution in [0.3, 0.4) is 0 Å². The summed E-state index contributed by atoms with van der Waals surface area (Å²) < 4.78 is 61.8. The molecule has 2 N–H and O–H groups in total. The van der Waals surface area contributed by atoms with Gasteiger partial charge in [0.05, 0.1) is 25.9 Å². The lowest BCUT2D eigenvalue weighted by atomic mass is 10.1. The third kappa shape index (κ3) is 5.44. The molecule has 0 aliphatic heterocycles. The summed E-state index contributed by atoms with van der Waals surface area (Å²) in [4.78, 5) is 17.4. The summed E-state index contributed by atoms with van der Waals surface area (Å²) in [5.41, 5.74) is -0.247. The Kier molecular flexibility index (Phi) is 7.63. The summed E-state index contributed by atoms with van der Waals surface area (Å²) >= 11 is 5.92. The minimum Gasteiger partial charge on any atom is -0.492 e. The van der Waals surface area contributed by atoms with Crippen LogP contribution < -0.4 is 10.4 Å². The van der Waals surface area contributed by atoms with Crippen molar-refractivity contribution in [3.05, 3.63) is 81.6 Å². The molecule has 2 heterocycles. The zero-order valence-corrected chi connectivity index (χ0v) is 20.8. The maximum atomic E-state index is 14.3. The van der Waals surface area contributed by atoms with Gasteiger partial charge < -0.3 is 14.9 Å². The highest BCUT2D eigenvalue weighted by Gasteiger charge is 2.39. The molecule has 14 heteroatoms. The zero-order valence-electron chi connectivity index (χ0n) is 20.0. The van der Waals surface area contributed by atoms with Crippen molar-refractivity contribution in [2.24, 2.45) is 0 Å². The SMILES string of the molecule is COc1c(F)cccc1-n1nc(Cn2cc(-c3ccc(Cl)cc3)n(CC(O)C(F)(F)F)c2=O)nc1[C@H](C)O. The number of benzene rings is 2. The molecule has 0 saturated heterocycles. The maximum absolute atomic E-state index is 14.3. The van der Waals surface area contributed by atoms with Crippen molar-refractivity contribution in [3.8, 4) is 22.7 Å². The Morgan fingerprint density at radius 1 is 1.13 bits per heavy atom. The Labute approximate surface area is 218 Å². The third-order valence-corrected chi connectivity index (χ3v) is 5.91. The summed E-state index contributed by atoms with van der Waals surface area (Å²) in [7, 11) is 1.26. The molecule has 0 amide bonds. The van der Waals surface area contributed by atoms with E-state index in [1.807, 2.05) is 0 Å². The van der Waals surface area contributed by atoms with E-state index in [4.69, 9.17) is 16.3 Å². The van der Waals surface area contributed by atoms with E-state index >= 15 is 0 Å². The van der Waals surface area contributed by atoms with Crippen LogP contribution in [0, 0.1) is 5.82 Å². The van der Waals surface area contributed by atoms with E-state index in [0.717, 1.165) is 13.8 Å². The summed E-state index contributed by atoms with van der Waals surface area (Å²) in [6.07, 6.45) is -7.59. The Morgan fingerprint density at radius 3 is 2.42 bits per heavy atom. The van der Waals surface area contributed by atoms with Gasteiger partial charge in [0.25, 0.3) is 0 Å². The Bertz CT molecular complexity index is 1500. The van der Waals surface area contributed by atoms with Gasteiger partial charge in [-0.3, -0.25) is 9.13 Å². The molecular formula is C24H22ClF4N5O4. The largest absolute Gasteiger partial charge is 0.492 e. The fraction of sp³-hybridized carbons (Fsp3) is 0.292. The molecule has 4 rings (SSSR count). The molecule has 9 nitrogen and oxygen atoms in total. The van der Waals surface area contributed by atoms with Crippen LogP contribution >= 0.6 is 11.6 Å². The van der Waals surface area contributed by atoms with E-state index < -0.39 is 36.4 Å². The first-order valence-electron chi connectivity index (χ1n) is 11.2. The van der Waals surface area contributed by atoms with Gasteiger partial charge in [0.15, 0.2) is 29.3 Å². The van der Waals surface area contributed by atoms with E-state index in [1.54, 1.807) is 0 Å². The van der Waals surface area contributed by atoms with Gasteiger partial charge in [0.1, 0.15) is 11.8 Å². The van der Waals surface area contributed by atoms with Gasteiger partial charge in [-0.1, -0.05) is 29.8 Å². The van der Waals surface area contributed by atoms with Crippen molar-refractivity contribution in [1.29, 1.82) is 0 Å². The number of imidazole rings is 1. The quantitative estimate of drug-likeness (QED) is 0.321. The number of methoxy groups -OCH3 is 1. The maximum Gasteiger partial charge on any atom is 0.416 e. The van der Waals surface area contributed by atoms with E-state index in [0.29, 0.717) is 10.6 Å². The van der Waals surface area contributed by atoms with Crippen LogP contribution in [-0.2, 0) is 13.1 Å². The molecule has 2 aromatic carbocycles. The van der Waals surface area contributed by atoms with Gasteiger partial charge >= 0.3 is 11.9 Å². The van der Waals surface area contributed by atoms with E-state index in [2.05, 4.69) is 10.1 Å². The highest BCUT2D eigenvalue weighted by atomic mass is 35.5. The molecule has 0 saturated carbocycles. The molecule has 0 radical (unpaired) electrons. The second-order valence-corrected chi connectivity index (χ2v) is 8.80. The molecule has 2 aromatic heterocycles. The second kappa shape index (κ2) is 10.6. The summed E-state index contributed by atoms with van der Waals surface area (Å²) in [5, 5.41) is 24.6. The number of alkyl halides is 3. The van der Waals surface area contributed by atoms with E-state index in [9.17, 15) is 32.6 Å². The van der Waals surface area contributed by atoms with Crippen molar-refractivity contribution < 1.29 is 32.5 Å². The van der Waals surface area contributed by atoms with E-state index in [-0.39, 0.29) is 35.3 Å². The third-order valence-electron chi connectivity index (χ3n) is 5.66. The molecule has 0 aliphatic rings. The van der Waals surface area contributed by atoms with Gasteiger partial charge in [-0.2, -0.15) is 13.2 Å². The lowest BCUT2D eigenvalue weighted by molar-refractivity contribution is -0.207. The topological polar surface area (TPSA) is 107 Å². The minimum absolute atomic E-state index is 0.00508. The average Bonchev–Trinajstić information content (AvgIpc) is 3.41. The molecule has 1 unspecified atom stereocenters. The van der Waals surface area contributed by atoms with Crippen LogP contribution in [-0.4, -0.2) is 53.5 Å². The number of aliphatic hydroxyl groups excluding tert-OH is 2. The van der Waals surface area contributed by atoms with Crippen molar-refractivity contribution in [3.63, 3.8) is 0 Å².